The van der Waals surface area contributed by atoms with Gasteiger partial charge in [0.2, 0.25) is 0 Å². The maximum Gasteiger partial charge on any atom is 0.323 e. The van der Waals surface area contributed by atoms with Gasteiger partial charge in [-0.05, 0) is 29.7 Å². The van der Waals surface area contributed by atoms with Crippen LogP contribution < -0.4 is 10.1 Å². The van der Waals surface area contributed by atoms with Gasteiger partial charge in [-0.1, -0.05) is 6.07 Å². The van der Waals surface area contributed by atoms with Crippen molar-refractivity contribution in [3.8, 4) is 5.75 Å². The molecule has 3 rings (SSSR count). The molecule has 1 aromatic rings. The largest absolute Gasteiger partial charge is 0.497 e. The van der Waals surface area contributed by atoms with Crippen molar-refractivity contribution in [1.82, 2.24) is 5.32 Å². The summed E-state index contributed by atoms with van der Waals surface area (Å²) in [4.78, 5) is 11.7. The van der Waals surface area contributed by atoms with Gasteiger partial charge in [-0.25, -0.2) is 0 Å². The Balaban J connectivity index is 1.93. The van der Waals surface area contributed by atoms with Gasteiger partial charge in [-0.2, -0.15) is 0 Å². The number of hydrogen-bond donors (Lipinski definition) is 1. The summed E-state index contributed by atoms with van der Waals surface area (Å²) in [6.07, 6.45) is 0.775. The van der Waals surface area contributed by atoms with Crippen molar-refractivity contribution in [2.75, 3.05) is 20.0 Å². The smallest absolute Gasteiger partial charge is 0.323 e. The summed E-state index contributed by atoms with van der Waals surface area (Å²) in [5.41, 5.74) is 2.25. The summed E-state index contributed by atoms with van der Waals surface area (Å²) < 4.78 is 22.4. The maximum atomic E-state index is 12.4. The molecule has 0 bridgehead atoms. The maximum absolute atomic E-state index is 12.4. The Morgan fingerprint density at radius 3 is 2.90 bits per heavy atom. The van der Waals surface area contributed by atoms with E-state index in [4.69, 9.17) is 9.47 Å². The number of nitrogens with one attached hydrogen (secondary N) is 1. The summed E-state index contributed by atoms with van der Waals surface area (Å²) >= 11 is 0. The summed E-state index contributed by atoms with van der Waals surface area (Å²) in [7, 11) is 1.94. The molecule has 1 aliphatic carbocycles. The molecule has 6 heteroatoms. The standard InChI is InChI=1S/C14H17NO4S/c1-18-9-4-3-8-5-12-13(10(8)6-9)15-11(7-20(12)17)14(16)19-2/h3-4,6,11-13,15H,5,7H2,1-2H3. The second-order valence-corrected chi connectivity index (χ2v) is 6.78. The lowest BCUT2D eigenvalue weighted by Gasteiger charge is -2.31. The molecule has 1 aromatic carbocycles. The third-order valence-corrected chi connectivity index (χ3v) is 5.79. The van der Waals surface area contributed by atoms with Gasteiger partial charge in [0, 0.05) is 16.8 Å². The molecule has 20 heavy (non-hydrogen) atoms. The first-order valence-corrected chi connectivity index (χ1v) is 7.90. The molecule has 1 N–H and O–H groups in total. The molecule has 5 nitrogen and oxygen atoms in total. The van der Waals surface area contributed by atoms with E-state index in [9.17, 15) is 9.00 Å². The molecule has 1 aliphatic heterocycles. The third kappa shape index (κ3) is 2.13. The number of carbonyl (C=O) groups is 1. The van der Waals surface area contributed by atoms with Gasteiger partial charge in [0.05, 0.1) is 25.2 Å². The Labute approximate surface area is 120 Å². The highest BCUT2D eigenvalue weighted by molar-refractivity contribution is 7.85. The zero-order chi connectivity index (χ0) is 14.3. The predicted octanol–water partition coefficient (Wildman–Crippen LogP) is 0.554. The van der Waals surface area contributed by atoms with E-state index in [1.807, 2.05) is 18.2 Å². The van der Waals surface area contributed by atoms with Crippen molar-refractivity contribution < 1.29 is 18.5 Å². The van der Waals surface area contributed by atoms with Gasteiger partial charge in [0.15, 0.2) is 0 Å². The lowest BCUT2D eigenvalue weighted by Crippen LogP contribution is -2.52. The summed E-state index contributed by atoms with van der Waals surface area (Å²) in [6.45, 7) is 0. The van der Waals surface area contributed by atoms with Crippen LogP contribution >= 0.6 is 0 Å². The fourth-order valence-electron chi connectivity index (χ4n) is 2.98. The number of ether oxygens (including phenoxy) is 2. The Morgan fingerprint density at radius 1 is 1.40 bits per heavy atom. The Hall–Kier alpha value is -1.40. The number of methoxy groups -OCH3 is 2. The van der Waals surface area contributed by atoms with E-state index in [0.29, 0.717) is 5.75 Å². The van der Waals surface area contributed by atoms with Crippen molar-refractivity contribution in [3.05, 3.63) is 29.3 Å². The van der Waals surface area contributed by atoms with Crippen molar-refractivity contribution >= 4 is 16.8 Å². The van der Waals surface area contributed by atoms with E-state index in [-0.39, 0.29) is 17.3 Å². The van der Waals surface area contributed by atoms with Crippen LogP contribution in [0.4, 0.5) is 0 Å². The minimum Gasteiger partial charge on any atom is -0.497 e. The number of fused-ring (bicyclic) bond motifs is 3. The average molecular weight is 295 g/mol. The van der Waals surface area contributed by atoms with Gasteiger partial charge < -0.3 is 9.47 Å². The summed E-state index contributed by atoms with van der Waals surface area (Å²) in [6, 6.07) is 5.32. The second kappa shape index (κ2) is 5.18. The molecular weight excluding hydrogens is 278 g/mol. The fourth-order valence-corrected chi connectivity index (χ4v) is 4.69. The molecule has 1 heterocycles. The van der Waals surface area contributed by atoms with Crippen LogP contribution in [0.2, 0.25) is 0 Å². The first-order chi connectivity index (χ1) is 9.63. The monoisotopic (exact) mass is 295 g/mol. The van der Waals surface area contributed by atoms with E-state index >= 15 is 0 Å². The molecular formula is C14H17NO4S. The van der Waals surface area contributed by atoms with E-state index in [2.05, 4.69) is 5.32 Å². The highest BCUT2D eigenvalue weighted by Crippen LogP contribution is 2.39. The van der Waals surface area contributed by atoms with Crippen LogP contribution in [0.3, 0.4) is 0 Å². The first-order valence-electron chi connectivity index (χ1n) is 6.52. The lowest BCUT2D eigenvalue weighted by atomic mass is 10.1. The normalized spacial score (nSPS) is 31.3. The Morgan fingerprint density at radius 2 is 2.20 bits per heavy atom. The van der Waals surface area contributed by atoms with E-state index in [1.165, 1.54) is 12.7 Å². The highest BCUT2D eigenvalue weighted by atomic mass is 32.2. The molecule has 2 aliphatic rings. The topological polar surface area (TPSA) is 64.6 Å². The van der Waals surface area contributed by atoms with Crippen LogP contribution in [0, 0.1) is 0 Å². The molecule has 108 valence electrons. The van der Waals surface area contributed by atoms with E-state index < -0.39 is 16.8 Å². The minimum atomic E-state index is -1.04. The van der Waals surface area contributed by atoms with Gasteiger partial charge >= 0.3 is 5.97 Å². The highest BCUT2D eigenvalue weighted by Gasteiger charge is 2.44. The number of esters is 1. The van der Waals surface area contributed by atoms with Gasteiger partial charge in [0.25, 0.3) is 0 Å². The molecule has 1 fully saturated rings. The molecule has 4 atom stereocenters. The molecule has 0 spiro atoms. The molecule has 0 saturated carbocycles. The van der Waals surface area contributed by atoms with Crippen molar-refractivity contribution in [2.45, 2.75) is 23.8 Å². The molecule has 0 aromatic heterocycles. The summed E-state index contributed by atoms with van der Waals surface area (Å²) in [5, 5.41) is 3.31. The van der Waals surface area contributed by atoms with E-state index in [0.717, 1.165) is 17.7 Å². The number of rotatable bonds is 2. The number of benzene rings is 1. The van der Waals surface area contributed by atoms with Crippen LogP contribution in [0.15, 0.2) is 18.2 Å². The molecule has 0 amide bonds. The SMILES string of the molecule is COC(=O)C1CS(=O)C2Cc3ccc(OC)cc3C2N1. The fraction of sp³-hybridized carbons (Fsp3) is 0.500. The van der Waals surface area contributed by atoms with Crippen LogP contribution in [-0.4, -0.2) is 41.4 Å². The van der Waals surface area contributed by atoms with Gasteiger partial charge in [-0.3, -0.25) is 14.3 Å². The summed E-state index contributed by atoms with van der Waals surface area (Å²) in [5.74, 6) is 0.740. The number of hydrogen-bond acceptors (Lipinski definition) is 5. The zero-order valence-corrected chi connectivity index (χ0v) is 12.2. The molecule has 0 radical (unpaired) electrons. The van der Waals surface area contributed by atoms with E-state index in [1.54, 1.807) is 7.11 Å². The van der Waals surface area contributed by atoms with Crippen molar-refractivity contribution in [1.29, 1.82) is 0 Å². The minimum absolute atomic E-state index is 0.0259. The quantitative estimate of drug-likeness (QED) is 0.808. The Bertz CT molecular complexity index is 574. The molecule has 1 saturated heterocycles. The third-order valence-electron chi connectivity index (χ3n) is 4.02. The zero-order valence-electron chi connectivity index (χ0n) is 11.4. The van der Waals surface area contributed by atoms with Crippen LogP contribution in [-0.2, 0) is 26.8 Å². The van der Waals surface area contributed by atoms with Crippen molar-refractivity contribution in [2.24, 2.45) is 0 Å². The number of carbonyl (C=O) groups excluding carboxylic acids is 1. The van der Waals surface area contributed by atoms with Crippen molar-refractivity contribution in [3.63, 3.8) is 0 Å². The Kier molecular flexibility index (Phi) is 3.52. The van der Waals surface area contributed by atoms with Crippen LogP contribution in [0.25, 0.3) is 0 Å². The second-order valence-electron chi connectivity index (χ2n) is 5.07. The van der Waals surface area contributed by atoms with Crippen LogP contribution in [0.5, 0.6) is 5.75 Å². The average Bonchev–Trinajstić information content (AvgIpc) is 2.84. The van der Waals surface area contributed by atoms with Gasteiger partial charge in [-0.15, -0.1) is 0 Å². The molecule has 4 unspecified atom stereocenters. The predicted molar refractivity (Wildman–Crippen MR) is 75.2 cm³/mol. The van der Waals surface area contributed by atoms with Crippen LogP contribution in [0.1, 0.15) is 17.2 Å². The first kappa shape index (κ1) is 13.6. The lowest BCUT2D eigenvalue weighted by molar-refractivity contribution is -0.142. The van der Waals surface area contributed by atoms with Gasteiger partial charge in [0.1, 0.15) is 11.8 Å².